The molecule has 5 nitrogen and oxygen atoms in total. The molecule has 0 amide bonds. The molecule has 0 aliphatic heterocycles. The molecule has 20 heavy (non-hydrogen) atoms. The van der Waals surface area contributed by atoms with E-state index in [1.54, 1.807) is 4.68 Å². The Hall–Kier alpha value is -2.35. The largest absolute Gasteiger partial charge is 0.492 e. The van der Waals surface area contributed by atoms with Crippen LogP contribution in [0.1, 0.15) is 36.7 Å². The molecule has 0 aliphatic carbocycles. The molecule has 0 radical (unpaired) electrons. The van der Waals surface area contributed by atoms with Gasteiger partial charge in [0.2, 0.25) is 0 Å². The van der Waals surface area contributed by atoms with E-state index in [2.05, 4.69) is 43.0 Å². The molecule has 5 heteroatoms. The van der Waals surface area contributed by atoms with E-state index in [-0.39, 0.29) is 5.82 Å². The summed E-state index contributed by atoms with van der Waals surface area (Å²) in [5.74, 6) is 1.55. The van der Waals surface area contributed by atoms with E-state index in [0.29, 0.717) is 19.1 Å². The van der Waals surface area contributed by atoms with E-state index < -0.39 is 0 Å². The van der Waals surface area contributed by atoms with E-state index in [1.807, 2.05) is 12.1 Å². The predicted molar refractivity (Wildman–Crippen MR) is 75.5 cm³/mol. The molecule has 104 valence electrons. The molecule has 0 spiro atoms. The highest BCUT2D eigenvalue weighted by Crippen LogP contribution is 2.23. The maximum Gasteiger partial charge on any atom is 0.252 e. The zero-order chi connectivity index (χ0) is 14.5. The lowest BCUT2D eigenvalue weighted by Gasteiger charge is -2.12. The van der Waals surface area contributed by atoms with Crippen molar-refractivity contribution in [1.29, 1.82) is 5.26 Å². The predicted octanol–water partition coefficient (Wildman–Crippen LogP) is 2.66. The Morgan fingerprint density at radius 2 is 2.20 bits per heavy atom. The second-order valence-electron chi connectivity index (χ2n) is 4.96. The molecular weight excluding hydrogens is 252 g/mol. The Labute approximate surface area is 118 Å². The summed E-state index contributed by atoms with van der Waals surface area (Å²) in [5, 5.41) is 12.6. The zero-order valence-corrected chi connectivity index (χ0v) is 12.0. The summed E-state index contributed by atoms with van der Waals surface area (Å²) in [5.41, 5.74) is 2.58. The van der Waals surface area contributed by atoms with Crippen LogP contribution in [-0.2, 0) is 6.54 Å². The third-order valence-electron chi connectivity index (χ3n) is 3.09. The van der Waals surface area contributed by atoms with Crippen molar-refractivity contribution >= 4 is 0 Å². The molecule has 0 N–H and O–H groups in total. The first kappa shape index (κ1) is 14.1. The molecule has 1 heterocycles. The van der Waals surface area contributed by atoms with Gasteiger partial charge in [-0.2, -0.15) is 5.26 Å². The van der Waals surface area contributed by atoms with Crippen molar-refractivity contribution in [2.75, 3.05) is 6.61 Å². The summed E-state index contributed by atoms with van der Waals surface area (Å²) in [7, 11) is 0. The molecule has 0 bridgehead atoms. The summed E-state index contributed by atoms with van der Waals surface area (Å²) in [6.45, 7) is 7.52. The topological polar surface area (TPSA) is 63.7 Å². The highest BCUT2D eigenvalue weighted by Gasteiger charge is 2.05. The first-order valence-electron chi connectivity index (χ1n) is 6.63. The molecule has 2 aromatic rings. The summed E-state index contributed by atoms with van der Waals surface area (Å²) >= 11 is 0. The number of ether oxygens (including phenoxy) is 1. The summed E-state index contributed by atoms with van der Waals surface area (Å²) in [4.78, 5) is 3.84. The van der Waals surface area contributed by atoms with Gasteiger partial charge in [-0.05, 0) is 36.1 Å². The van der Waals surface area contributed by atoms with Gasteiger partial charge in [0, 0.05) is 0 Å². The van der Waals surface area contributed by atoms with E-state index in [1.165, 1.54) is 17.5 Å². The second kappa shape index (κ2) is 6.20. The van der Waals surface area contributed by atoms with Crippen molar-refractivity contribution in [3.05, 3.63) is 41.5 Å². The van der Waals surface area contributed by atoms with Crippen LogP contribution >= 0.6 is 0 Å². The minimum Gasteiger partial charge on any atom is -0.492 e. The van der Waals surface area contributed by atoms with Crippen molar-refractivity contribution in [3.63, 3.8) is 0 Å². The van der Waals surface area contributed by atoms with Crippen molar-refractivity contribution in [2.45, 2.75) is 33.2 Å². The van der Waals surface area contributed by atoms with Gasteiger partial charge in [0.1, 0.15) is 24.8 Å². The summed E-state index contributed by atoms with van der Waals surface area (Å²) in [6.07, 6.45) is 1.54. The molecular formula is C15H18N4O. The highest BCUT2D eigenvalue weighted by molar-refractivity contribution is 5.36. The van der Waals surface area contributed by atoms with Gasteiger partial charge in [-0.1, -0.05) is 19.9 Å². The number of nitrogens with zero attached hydrogens (tertiary/aromatic N) is 4. The standard InChI is InChI=1S/C15H18N4O/c1-11(2)14-5-4-13(8-12(14)3)20-7-6-19-10-17-15(9-16)18-19/h4-5,8,10-11H,6-7H2,1-3H3. The van der Waals surface area contributed by atoms with Gasteiger partial charge in [-0.15, -0.1) is 5.10 Å². The zero-order valence-electron chi connectivity index (χ0n) is 12.0. The van der Waals surface area contributed by atoms with Gasteiger partial charge in [-0.25, -0.2) is 9.67 Å². The van der Waals surface area contributed by atoms with Crippen LogP contribution in [0.2, 0.25) is 0 Å². The van der Waals surface area contributed by atoms with E-state index in [0.717, 1.165) is 5.75 Å². The molecule has 1 aromatic heterocycles. The van der Waals surface area contributed by atoms with Gasteiger partial charge in [-0.3, -0.25) is 0 Å². The molecule has 0 fully saturated rings. The lowest BCUT2D eigenvalue weighted by atomic mass is 9.98. The van der Waals surface area contributed by atoms with Crippen molar-refractivity contribution < 1.29 is 4.74 Å². The number of nitriles is 1. The van der Waals surface area contributed by atoms with Crippen LogP contribution in [0.5, 0.6) is 5.75 Å². The van der Waals surface area contributed by atoms with Crippen LogP contribution in [0.15, 0.2) is 24.5 Å². The number of hydrogen-bond acceptors (Lipinski definition) is 4. The second-order valence-corrected chi connectivity index (χ2v) is 4.96. The normalized spacial score (nSPS) is 10.6. The van der Waals surface area contributed by atoms with Gasteiger partial charge < -0.3 is 4.74 Å². The van der Waals surface area contributed by atoms with Gasteiger partial charge in [0.25, 0.3) is 5.82 Å². The number of hydrogen-bond donors (Lipinski definition) is 0. The Balaban J connectivity index is 1.91. The number of rotatable bonds is 5. The minimum atomic E-state index is 0.183. The highest BCUT2D eigenvalue weighted by atomic mass is 16.5. The Morgan fingerprint density at radius 1 is 1.40 bits per heavy atom. The van der Waals surface area contributed by atoms with Crippen molar-refractivity contribution in [3.8, 4) is 11.8 Å². The van der Waals surface area contributed by atoms with E-state index in [9.17, 15) is 0 Å². The fraction of sp³-hybridized carbons (Fsp3) is 0.400. The monoisotopic (exact) mass is 270 g/mol. The van der Waals surface area contributed by atoms with Crippen LogP contribution in [0.3, 0.4) is 0 Å². The maximum atomic E-state index is 8.64. The number of aromatic nitrogens is 3. The summed E-state index contributed by atoms with van der Waals surface area (Å²) < 4.78 is 7.30. The van der Waals surface area contributed by atoms with Crippen LogP contribution in [0, 0.1) is 18.3 Å². The lowest BCUT2D eigenvalue weighted by Crippen LogP contribution is -2.09. The fourth-order valence-electron chi connectivity index (χ4n) is 2.10. The van der Waals surface area contributed by atoms with Crippen LogP contribution in [-0.4, -0.2) is 21.4 Å². The molecule has 0 aliphatic rings. The molecule has 0 saturated heterocycles. The van der Waals surface area contributed by atoms with Crippen LogP contribution in [0.25, 0.3) is 0 Å². The minimum absolute atomic E-state index is 0.183. The Bertz CT molecular complexity index is 625. The average Bonchev–Trinajstić information content (AvgIpc) is 2.86. The first-order chi connectivity index (χ1) is 9.60. The van der Waals surface area contributed by atoms with Crippen LogP contribution < -0.4 is 4.74 Å². The van der Waals surface area contributed by atoms with E-state index >= 15 is 0 Å². The van der Waals surface area contributed by atoms with Crippen LogP contribution in [0.4, 0.5) is 0 Å². The first-order valence-corrected chi connectivity index (χ1v) is 6.63. The molecule has 0 saturated carbocycles. The SMILES string of the molecule is Cc1cc(OCCn2cnc(C#N)n2)ccc1C(C)C. The summed E-state index contributed by atoms with van der Waals surface area (Å²) in [6, 6.07) is 8.05. The number of benzene rings is 1. The third kappa shape index (κ3) is 3.35. The quantitative estimate of drug-likeness (QED) is 0.838. The van der Waals surface area contributed by atoms with Crippen molar-refractivity contribution in [2.24, 2.45) is 0 Å². The van der Waals surface area contributed by atoms with Gasteiger partial charge in [0.05, 0.1) is 6.54 Å². The Morgan fingerprint density at radius 3 is 2.80 bits per heavy atom. The third-order valence-corrected chi connectivity index (χ3v) is 3.09. The van der Waals surface area contributed by atoms with Gasteiger partial charge in [0.15, 0.2) is 0 Å². The van der Waals surface area contributed by atoms with Gasteiger partial charge >= 0.3 is 0 Å². The molecule has 1 aromatic carbocycles. The average molecular weight is 270 g/mol. The lowest BCUT2D eigenvalue weighted by molar-refractivity contribution is 0.291. The molecule has 0 atom stereocenters. The van der Waals surface area contributed by atoms with Crippen molar-refractivity contribution in [1.82, 2.24) is 14.8 Å². The maximum absolute atomic E-state index is 8.64. The smallest absolute Gasteiger partial charge is 0.252 e. The Kier molecular flexibility index (Phi) is 4.36. The fourth-order valence-corrected chi connectivity index (χ4v) is 2.10. The number of aryl methyl sites for hydroxylation is 1. The molecule has 2 rings (SSSR count). The molecule has 0 unspecified atom stereocenters. The van der Waals surface area contributed by atoms with E-state index in [4.69, 9.17) is 10.00 Å².